The Morgan fingerprint density at radius 1 is 1.21 bits per heavy atom. The number of nitrogens with one attached hydrogen (secondary N) is 1. The number of carbonyl (C=O) groups excluding carboxylic acids is 2. The van der Waals surface area contributed by atoms with Crippen LogP contribution in [0.4, 0.5) is 5.69 Å². The molecule has 2 amide bonds. The number of pyridine rings is 1. The molecule has 4 heterocycles. The first kappa shape index (κ1) is 16.7. The number of amides is 2. The van der Waals surface area contributed by atoms with Crippen molar-refractivity contribution in [2.24, 2.45) is 7.05 Å². The van der Waals surface area contributed by atoms with Gasteiger partial charge < -0.3 is 10.2 Å². The monoisotopic (exact) mass is 373 g/mol. The van der Waals surface area contributed by atoms with E-state index in [0.29, 0.717) is 18.5 Å². The maximum Gasteiger partial charge on any atom is 0.255 e. The molecule has 0 saturated carbocycles. The third-order valence-electron chi connectivity index (χ3n) is 5.80. The number of para-hydroxylation sites is 1. The second-order valence-corrected chi connectivity index (χ2v) is 7.31. The average Bonchev–Trinajstić information content (AvgIpc) is 3.39. The van der Waals surface area contributed by atoms with E-state index in [4.69, 9.17) is 0 Å². The lowest BCUT2D eigenvalue weighted by Crippen LogP contribution is -2.42. The third kappa shape index (κ3) is 2.22. The highest BCUT2D eigenvalue weighted by molar-refractivity contribution is 6.08. The van der Waals surface area contributed by atoms with Crippen molar-refractivity contribution in [2.45, 2.75) is 17.9 Å². The number of carbonyl (C=O) groups is 2. The molecule has 1 spiro atoms. The van der Waals surface area contributed by atoms with Crippen LogP contribution >= 0.6 is 0 Å². The SMILES string of the molecule is Cn1cc([C@@H]2N(C(=O)c3cccnc3)CC[C@]23C(=O)Nc2ccccc23)cn1. The normalized spacial score (nSPS) is 23.1. The molecule has 28 heavy (non-hydrogen) atoms. The van der Waals surface area contributed by atoms with Crippen molar-refractivity contribution >= 4 is 17.5 Å². The molecule has 140 valence electrons. The molecule has 2 aliphatic heterocycles. The lowest BCUT2D eigenvalue weighted by molar-refractivity contribution is -0.121. The van der Waals surface area contributed by atoms with Gasteiger partial charge in [0.25, 0.3) is 5.91 Å². The van der Waals surface area contributed by atoms with Crippen LogP contribution in [0.1, 0.15) is 33.9 Å². The van der Waals surface area contributed by atoms with E-state index < -0.39 is 11.5 Å². The van der Waals surface area contributed by atoms with Crippen LogP contribution < -0.4 is 5.32 Å². The van der Waals surface area contributed by atoms with Gasteiger partial charge in [-0.05, 0) is 30.2 Å². The van der Waals surface area contributed by atoms with E-state index in [1.54, 1.807) is 40.3 Å². The minimum absolute atomic E-state index is 0.0657. The van der Waals surface area contributed by atoms with Gasteiger partial charge in [-0.2, -0.15) is 5.10 Å². The van der Waals surface area contributed by atoms with Crippen LogP contribution in [0.2, 0.25) is 0 Å². The van der Waals surface area contributed by atoms with Gasteiger partial charge in [0, 0.05) is 43.4 Å². The number of hydrogen-bond donors (Lipinski definition) is 1. The summed E-state index contributed by atoms with van der Waals surface area (Å²) in [4.78, 5) is 32.4. The highest BCUT2D eigenvalue weighted by Gasteiger charge is 2.59. The first-order valence-electron chi connectivity index (χ1n) is 9.22. The maximum absolute atomic E-state index is 13.3. The second-order valence-electron chi connectivity index (χ2n) is 7.31. The van der Waals surface area contributed by atoms with E-state index >= 15 is 0 Å². The number of rotatable bonds is 2. The highest BCUT2D eigenvalue weighted by atomic mass is 16.2. The molecule has 2 atom stereocenters. The Balaban J connectivity index is 1.67. The van der Waals surface area contributed by atoms with Crippen LogP contribution in [-0.2, 0) is 17.3 Å². The molecule has 0 radical (unpaired) electrons. The fraction of sp³-hybridized carbons (Fsp3) is 0.238. The largest absolute Gasteiger partial charge is 0.330 e. The minimum atomic E-state index is -0.822. The topological polar surface area (TPSA) is 80.1 Å². The van der Waals surface area contributed by atoms with E-state index in [1.807, 2.05) is 37.5 Å². The van der Waals surface area contributed by atoms with Gasteiger partial charge in [0.1, 0.15) is 5.41 Å². The number of nitrogens with zero attached hydrogens (tertiary/aromatic N) is 4. The molecule has 0 unspecified atom stereocenters. The Morgan fingerprint density at radius 2 is 2.07 bits per heavy atom. The molecule has 2 aromatic heterocycles. The smallest absolute Gasteiger partial charge is 0.255 e. The molecule has 1 aromatic carbocycles. The fourth-order valence-corrected chi connectivity index (χ4v) is 4.61. The molecule has 5 rings (SSSR count). The molecule has 0 bridgehead atoms. The second kappa shape index (κ2) is 6.02. The summed E-state index contributed by atoms with van der Waals surface area (Å²) >= 11 is 0. The summed E-state index contributed by atoms with van der Waals surface area (Å²) in [6.45, 7) is 0.481. The maximum atomic E-state index is 13.3. The predicted molar refractivity (Wildman–Crippen MR) is 103 cm³/mol. The van der Waals surface area contributed by atoms with Gasteiger partial charge in [-0.1, -0.05) is 18.2 Å². The van der Waals surface area contributed by atoms with Gasteiger partial charge in [-0.15, -0.1) is 0 Å². The molecule has 1 saturated heterocycles. The molecule has 7 nitrogen and oxygen atoms in total. The molecule has 7 heteroatoms. The van der Waals surface area contributed by atoms with Gasteiger partial charge >= 0.3 is 0 Å². The summed E-state index contributed by atoms with van der Waals surface area (Å²) in [5.74, 6) is -0.194. The summed E-state index contributed by atoms with van der Waals surface area (Å²) in [7, 11) is 1.83. The number of benzene rings is 1. The van der Waals surface area contributed by atoms with E-state index in [2.05, 4.69) is 15.4 Å². The van der Waals surface area contributed by atoms with Crippen LogP contribution in [0.5, 0.6) is 0 Å². The standard InChI is InChI=1S/C21H19N5O2/c1-25-13-15(12-23-25)18-21(16-6-2-3-7-17(16)24-20(21)28)8-10-26(18)19(27)14-5-4-9-22-11-14/h2-7,9,11-13,18H,8,10H2,1H3,(H,24,28)/t18-,21+/m0/s1. The number of anilines is 1. The minimum Gasteiger partial charge on any atom is -0.330 e. The van der Waals surface area contributed by atoms with Crippen LogP contribution in [0, 0.1) is 0 Å². The third-order valence-corrected chi connectivity index (χ3v) is 5.80. The molecule has 1 fully saturated rings. The summed E-state index contributed by atoms with van der Waals surface area (Å²) in [5, 5.41) is 7.32. The number of fused-ring (bicyclic) bond motifs is 2. The van der Waals surface area contributed by atoms with Crippen LogP contribution in [0.3, 0.4) is 0 Å². The highest BCUT2D eigenvalue weighted by Crippen LogP contribution is 2.54. The van der Waals surface area contributed by atoms with E-state index in [9.17, 15) is 9.59 Å². The number of aromatic nitrogens is 3. The molecule has 2 aliphatic rings. The number of likely N-dealkylation sites (tertiary alicyclic amines) is 1. The van der Waals surface area contributed by atoms with Crippen LogP contribution in [0.25, 0.3) is 0 Å². The van der Waals surface area contributed by atoms with Gasteiger partial charge in [0.2, 0.25) is 5.91 Å². The van der Waals surface area contributed by atoms with Gasteiger partial charge in [-0.25, -0.2) is 0 Å². The van der Waals surface area contributed by atoms with Crippen LogP contribution in [0.15, 0.2) is 61.2 Å². The summed E-state index contributed by atoms with van der Waals surface area (Å²) in [5.41, 5.74) is 2.30. The molecule has 1 N–H and O–H groups in total. The molecular weight excluding hydrogens is 354 g/mol. The lowest BCUT2D eigenvalue weighted by Gasteiger charge is -2.33. The predicted octanol–water partition coefficient (Wildman–Crippen LogP) is 2.29. The lowest BCUT2D eigenvalue weighted by atomic mass is 9.73. The Kier molecular flexibility index (Phi) is 3.58. The Bertz CT molecular complexity index is 1080. The van der Waals surface area contributed by atoms with Crippen molar-refractivity contribution < 1.29 is 9.59 Å². The van der Waals surface area contributed by atoms with Crippen molar-refractivity contribution in [3.63, 3.8) is 0 Å². The van der Waals surface area contributed by atoms with Gasteiger partial charge in [-0.3, -0.25) is 19.3 Å². The van der Waals surface area contributed by atoms with Crippen molar-refractivity contribution in [3.05, 3.63) is 77.9 Å². The number of aryl methyl sites for hydroxylation is 1. The van der Waals surface area contributed by atoms with E-state index in [-0.39, 0.29) is 11.8 Å². The molecule has 3 aromatic rings. The van der Waals surface area contributed by atoms with Crippen molar-refractivity contribution in [1.82, 2.24) is 19.7 Å². The summed E-state index contributed by atoms with van der Waals surface area (Å²) in [6, 6.07) is 10.8. The van der Waals surface area contributed by atoms with E-state index in [0.717, 1.165) is 16.8 Å². The van der Waals surface area contributed by atoms with Gasteiger partial charge in [0.15, 0.2) is 0 Å². The Hall–Kier alpha value is -3.48. The quantitative estimate of drug-likeness (QED) is 0.747. The first-order valence-corrected chi connectivity index (χ1v) is 9.22. The summed E-state index contributed by atoms with van der Waals surface area (Å²) < 4.78 is 1.70. The fourth-order valence-electron chi connectivity index (χ4n) is 4.61. The molecular formula is C21H19N5O2. The van der Waals surface area contributed by atoms with E-state index in [1.165, 1.54) is 0 Å². The average molecular weight is 373 g/mol. The van der Waals surface area contributed by atoms with Crippen molar-refractivity contribution in [1.29, 1.82) is 0 Å². The van der Waals surface area contributed by atoms with Gasteiger partial charge in [0.05, 0.1) is 17.8 Å². The Labute approximate surface area is 162 Å². The zero-order valence-electron chi connectivity index (χ0n) is 15.4. The Morgan fingerprint density at radius 3 is 2.82 bits per heavy atom. The first-order chi connectivity index (χ1) is 13.6. The molecule has 0 aliphatic carbocycles. The zero-order chi connectivity index (χ0) is 19.3. The summed E-state index contributed by atoms with van der Waals surface area (Å²) in [6.07, 6.45) is 7.39. The number of hydrogen-bond acceptors (Lipinski definition) is 4. The zero-order valence-corrected chi connectivity index (χ0v) is 15.4. The van der Waals surface area contributed by atoms with Crippen molar-refractivity contribution in [3.8, 4) is 0 Å². The van der Waals surface area contributed by atoms with Crippen LogP contribution in [-0.4, -0.2) is 38.0 Å². The van der Waals surface area contributed by atoms with Crippen molar-refractivity contribution in [2.75, 3.05) is 11.9 Å².